The first-order valence-corrected chi connectivity index (χ1v) is 16.9. The molecule has 1 unspecified atom stereocenters. The Bertz CT molecular complexity index is 845. The highest BCUT2D eigenvalue weighted by molar-refractivity contribution is 14.0. The van der Waals surface area contributed by atoms with Crippen LogP contribution < -0.4 is 4.57 Å². The summed E-state index contributed by atoms with van der Waals surface area (Å²) in [7, 11) is 0. The third kappa shape index (κ3) is 16.0. The first-order valence-electron chi connectivity index (χ1n) is 16.9. The van der Waals surface area contributed by atoms with Crippen molar-refractivity contribution in [2.45, 2.75) is 130 Å². The lowest BCUT2D eigenvalue weighted by Crippen LogP contribution is -2.63. The molecule has 3 atom stereocenters. The molecule has 0 bridgehead atoms. The lowest BCUT2D eigenvalue weighted by molar-refractivity contribution is -0.959. The van der Waals surface area contributed by atoms with Crippen molar-refractivity contribution < 1.29 is 37.6 Å². The number of rotatable bonds is 23. The number of amides is 2. The van der Waals surface area contributed by atoms with Gasteiger partial charge in [-0.15, -0.1) is 24.0 Å². The third-order valence-electron chi connectivity index (χ3n) is 8.24. The highest BCUT2D eigenvalue weighted by Gasteiger charge is 2.51. The minimum absolute atomic E-state index is 0. The van der Waals surface area contributed by atoms with Gasteiger partial charge in [0.25, 0.3) is 6.67 Å². The second-order valence-electron chi connectivity index (χ2n) is 11.8. The van der Waals surface area contributed by atoms with Crippen LogP contribution in [0.15, 0.2) is 30.6 Å². The molecule has 9 heteroatoms. The molecule has 1 aromatic heterocycles. The standard InChI is InChI=1S/C34H60N2O6.HI/c1-4-7-8-9-10-11-12-13-14-15-16-17-18-22-25-39-27-31-26-32(41-28-31)29-42-34(38)36(5-2,33(37)40-6-3)30-35-23-20-19-21-24-35;/h19-21,23-24,31-32H,4-18,22,25-30H2,1-3H3;1H/q+2;/t31-,32-,36?;/m0./s1. The summed E-state index contributed by atoms with van der Waals surface area (Å²) >= 11 is 0. The molecule has 0 saturated carbocycles. The SMILES string of the molecule is CCCCCCCCCCCCCCCCOC[C@H]1CO[C@H](COC(=O)[N+](CC)(C[n+]2ccccc2)C(=O)OCC)C1.I. The maximum Gasteiger partial charge on any atom is 0.532 e. The summed E-state index contributed by atoms with van der Waals surface area (Å²) in [6, 6.07) is 5.60. The van der Waals surface area contributed by atoms with Crippen LogP contribution in [0, 0.1) is 5.92 Å². The van der Waals surface area contributed by atoms with Crippen molar-refractivity contribution in [2.24, 2.45) is 5.92 Å². The fraction of sp³-hybridized carbons (Fsp3) is 0.794. The van der Waals surface area contributed by atoms with Gasteiger partial charge in [-0.2, -0.15) is 14.2 Å². The zero-order valence-electron chi connectivity index (χ0n) is 27.3. The van der Waals surface area contributed by atoms with E-state index in [0.717, 1.165) is 19.4 Å². The predicted molar refractivity (Wildman–Crippen MR) is 180 cm³/mol. The van der Waals surface area contributed by atoms with Crippen LogP contribution in [-0.2, 0) is 25.6 Å². The molecule has 8 nitrogen and oxygen atoms in total. The van der Waals surface area contributed by atoms with E-state index in [9.17, 15) is 9.59 Å². The Morgan fingerprint density at radius 1 is 0.767 bits per heavy atom. The van der Waals surface area contributed by atoms with Gasteiger partial charge in [0.15, 0.2) is 12.4 Å². The van der Waals surface area contributed by atoms with Crippen molar-refractivity contribution in [1.29, 1.82) is 0 Å². The molecule has 2 heterocycles. The van der Waals surface area contributed by atoms with E-state index in [1.807, 2.05) is 30.6 Å². The Hall–Kier alpha value is -1.30. The minimum Gasteiger partial charge on any atom is -0.420 e. The van der Waals surface area contributed by atoms with E-state index < -0.39 is 16.7 Å². The van der Waals surface area contributed by atoms with Crippen molar-refractivity contribution in [2.75, 3.05) is 39.6 Å². The topological polar surface area (TPSA) is 74.9 Å². The molecule has 0 aliphatic carbocycles. The van der Waals surface area contributed by atoms with Gasteiger partial charge in [-0.1, -0.05) is 101 Å². The second-order valence-corrected chi connectivity index (χ2v) is 11.8. The number of hydrogen-bond donors (Lipinski definition) is 0. The zero-order valence-corrected chi connectivity index (χ0v) is 29.7. The number of hydrogen-bond acceptors (Lipinski definition) is 6. The highest BCUT2D eigenvalue weighted by Crippen LogP contribution is 2.22. The number of pyridine rings is 1. The molecule has 1 aromatic rings. The van der Waals surface area contributed by atoms with Gasteiger partial charge in [0, 0.05) is 24.7 Å². The molecule has 1 aliphatic heterocycles. The van der Waals surface area contributed by atoms with Crippen LogP contribution in [0.25, 0.3) is 0 Å². The van der Waals surface area contributed by atoms with Crippen LogP contribution in [0.3, 0.4) is 0 Å². The Morgan fingerprint density at radius 3 is 1.88 bits per heavy atom. The molecule has 0 spiro atoms. The van der Waals surface area contributed by atoms with E-state index in [1.165, 1.54) is 83.5 Å². The van der Waals surface area contributed by atoms with Gasteiger partial charge >= 0.3 is 12.2 Å². The van der Waals surface area contributed by atoms with Crippen molar-refractivity contribution >= 4 is 36.2 Å². The number of carbonyl (C=O) groups is 2. The van der Waals surface area contributed by atoms with E-state index in [4.69, 9.17) is 18.9 Å². The number of ether oxygens (including phenoxy) is 4. The maximum atomic E-state index is 13.2. The Kier molecular flexibility index (Phi) is 23.1. The highest BCUT2D eigenvalue weighted by atomic mass is 127. The van der Waals surface area contributed by atoms with Crippen LogP contribution in [0.5, 0.6) is 0 Å². The first kappa shape index (κ1) is 39.7. The maximum absolute atomic E-state index is 13.2. The molecule has 2 rings (SSSR count). The number of quaternary nitrogens is 1. The first-order chi connectivity index (χ1) is 20.6. The van der Waals surface area contributed by atoms with E-state index >= 15 is 0 Å². The molecular weight excluding hydrogens is 659 g/mol. The fourth-order valence-electron chi connectivity index (χ4n) is 5.55. The molecule has 248 valence electrons. The van der Waals surface area contributed by atoms with Gasteiger partial charge in [-0.3, -0.25) is 0 Å². The molecule has 43 heavy (non-hydrogen) atoms. The average Bonchev–Trinajstić information content (AvgIpc) is 3.46. The summed E-state index contributed by atoms with van der Waals surface area (Å²) in [4.78, 5) is 26.2. The predicted octanol–water partition coefficient (Wildman–Crippen LogP) is 8.58. The summed E-state index contributed by atoms with van der Waals surface area (Å²) in [5.74, 6) is 0.302. The smallest absolute Gasteiger partial charge is 0.420 e. The molecule has 1 fully saturated rings. The summed E-state index contributed by atoms with van der Waals surface area (Å²) in [6.45, 7) is 8.51. The molecule has 1 aliphatic rings. The molecule has 1 saturated heterocycles. The Balaban J connectivity index is 0.00000924. The van der Waals surface area contributed by atoms with Crippen LogP contribution in [0.2, 0.25) is 0 Å². The molecule has 2 amide bonds. The minimum atomic E-state index is -0.617. The fourth-order valence-corrected chi connectivity index (χ4v) is 5.55. The molecule has 0 radical (unpaired) electrons. The van der Waals surface area contributed by atoms with Crippen LogP contribution in [-0.4, -0.2) is 62.4 Å². The average molecular weight is 721 g/mol. The number of carbonyl (C=O) groups excluding carboxylic acids is 2. The van der Waals surface area contributed by atoms with Crippen molar-refractivity contribution in [3.63, 3.8) is 0 Å². The molecular formula is C34H61IN2O6+2. The van der Waals surface area contributed by atoms with Gasteiger partial charge in [0.2, 0.25) is 0 Å². The normalized spacial score (nSPS) is 17.7. The third-order valence-corrected chi connectivity index (χ3v) is 8.24. The molecule has 0 aromatic carbocycles. The van der Waals surface area contributed by atoms with E-state index in [1.54, 1.807) is 18.4 Å². The number of halogens is 1. The lowest BCUT2D eigenvalue weighted by Gasteiger charge is -2.26. The number of nitrogens with zero attached hydrogens (tertiary/aromatic N) is 2. The van der Waals surface area contributed by atoms with Gasteiger partial charge in [0.1, 0.15) is 13.2 Å². The summed E-state index contributed by atoms with van der Waals surface area (Å²) in [5.41, 5.74) is 0. The van der Waals surface area contributed by atoms with Gasteiger partial charge in [-0.25, -0.2) is 0 Å². The van der Waals surface area contributed by atoms with Crippen molar-refractivity contribution in [1.82, 2.24) is 0 Å². The zero-order chi connectivity index (χ0) is 30.3. The van der Waals surface area contributed by atoms with Crippen LogP contribution in [0.1, 0.15) is 117 Å². The van der Waals surface area contributed by atoms with Crippen LogP contribution >= 0.6 is 24.0 Å². The number of aromatic nitrogens is 1. The number of imide groups is 1. The monoisotopic (exact) mass is 720 g/mol. The van der Waals surface area contributed by atoms with Crippen molar-refractivity contribution in [3.8, 4) is 0 Å². The van der Waals surface area contributed by atoms with Crippen molar-refractivity contribution in [3.05, 3.63) is 30.6 Å². The summed E-state index contributed by atoms with van der Waals surface area (Å²) in [5, 5.41) is 0. The van der Waals surface area contributed by atoms with E-state index in [-0.39, 0.29) is 56.5 Å². The van der Waals surface area contributed by atoms with E-state index in [2.05, 4.69) is 6.92 Å². The van der Waals surface area contributed by atoms with Crippen LogP contribution in [0.4, 0.5) is 9.59 Å². The Morgan fingerprint density at radius 2 is 1.33 bits per heavy atom. The quantitative estimate of drug-likeness (QED) is 0.0488. The molecule has 0 N–H and O–H groups in total. The summed E-state index contributed by atoms with van der Waals surface area (Å²) in [6.07, 6.45) is 22.0. The summed E-state index contributed by atoms with van der Waals surface area (Å²) < 4.78 is 24.0. The lowest BCUT2D eigenvalue weighted by atomic mass is 10.0. The van der Waals surface area contributed by atoms with E-state index in [0.29, 0.717) is 19.1 Å². The number of unbranched alkanes of at least 4 members (excludes halogenated alkanes) is 13. The van der Waals surface area contributed by atoms with Gasteiger partial charge < -0.3 is 18.9 Å². The largest absolute Gasteiger partial charge is 0.532 e. The van der Waals surface area contributed by atoms with Gasteiger partial charge in [0.05, 0.1) is 25.9 Å². The Labute approximate surface area is 278 Å². The van der Waals surface area contributed by atoms with Gasteiger partial charge in [-0.05, 0) is 26.7 Å². The second kappa shape index (κ2) is 25.0.